The van der Waals surface area contributed by atoms with Gasteiger partial charge in [-0.2, -0.15) is 0 Å². The van der Waals surface area contributed by atoms with E-state index in [1.807, 2.05) is 19.1 Å². The zero-order valence-corrected chi connectivity index (χ0v) is 23.4. The van der Waals surface area contributed by atoms with Crippen molar-refractivity contribution in [2.45, 2.75) is 38.5 Å². The van der Waals surface area contributed by atoms with Gasteiger partial charge in [-0.1, -0.05) is 6.07 Å². The average molecular weight is 568 g/mol. The van der Waals surface area contributed by atoms with Crippen molar-refractivity contribution in [1.29, 1.82) is 0 Å². The van der Waals surface area contributed by atoms with Crippen LogP contribution in [-0.2, 0) is 21.4 Å². The van der Waals surface area contributed by atoms with E-state index in [0.717, 1.165) is 17.5 Å². The van der Waals surface area contributed by atoms with E-state index in [1.165, 1.54) is 12.1 Å². The molecule has 0 spiro atoms. The van der Waals surface area contributed by atoms with Crippen molar-refractivity contribution in [3.63, 3.8) is 0 Å². The fourth-order valence-corrected chi connectivity index (χ4v) is 5.53. The van der Waals surface area contributed by atoms with E-state index in [0.29, 0.717) is 64.4 Å². The second-order valence-electron chi connectivity index (χ2n) is 11.0. The average Bonchev–Trinajstić information content (AvgIpc) is 3.56. The number of amides is 3. The monoisotopic (exact) mass is 567 g/mol. The van der Waals surface area contributed by atoms with Gasteiger partial charge < -0.3 is 20.7 Å². The Hall–Kier alpha value is -4.86. The SMILES string of the molecule is Cc1ccc2cc(C(=O)NCCc3cc4c(c(-c5ccc(F)cc5)n3)OC[C@]4(C)C(N)=O)cc(N3CCCC3=O)c2n1. The van der Waals surface area contributed by atoms with Crippen molar-refractivity contribution in [1.82, 2.24) is 15.3 Å². The number of fused-ring (bicyclic) bond motifs is 2. The van der Waals surface area contributed by atoms with E-state index in [4.69, 9.17) is 15.5 Å². The quantitative estimate of drug-likeness (QED) is 0.348. The molecule has 10 heteroatoms. The molecular formula is C32H30FN5O4. The number of nitrogens with one attached hydrogen (secondary N) is 1. The molecule has 6 rings (SSSR count). The number of aryl methyl sites for hydroxylation is 1. The first kappa shape index (κ1) is 27.3. The van der Waals surface area contributed by atoms with E-state index in [2.05, 4.69) is 10.3 Å². The summed E-state index contributed by atoms with van der Waals surface area (Å²) in [6, 6.07) is 14.9. The van der Waals surface area contributed by atoms with E-state index in [9.17, 15) is 18.8 Å². The smallest absolute Gasteiger partial charge is 0.251 e. The summed E-state index contributed by atoms with van der Waals surface area (Å²) in [5.41, 5.74) is 9.63. The Kier molecular flexibility index (Phi) is 6.84. The van der Waals surface area contributed by atoms with Gasteiger partial charge in [-0.3, -0.25) is 19.4 Å². The first-order valence-corrected chi connectivity index (χ1v) is 13.9. The molecule has 0 aliphatic carbocycles. The number of pyridine rings is 2. The minimum absolute atomic E-state index is 0.0174. The highest BCUT2D eigenvalue weighted by Gasteiger charge is 2.43. The number of anilines is 1. The van der Waals surface area contributed by atoms with Crippen molar-refractivity contribution >= 4 is 34.3 Å². The van der Waals surface area contributed by atoms with E-state index in [1.54, 1.807) is 42.2 Å². The Bertz CT molecular complexity index is 1760. The van der Waals surface area contributed by atoms with Crippen LogP contribution in [0.25, 0.3) is 22.2 Å². The molecule has 3 amide bonds. The summed E-state index contributed by atoms with van der Waals surface area (Å²) in [6.07, 6.45) is 1.58. The van der Waals surface area contributed by atoms with Gasteiger partial charge in [0.25, 0.3) is 5.91 Å². The number of nitrogens with two attached hydrogens (primary N) is 1. The molecular weight excluding hydrogens is 537 g/mol. The third-order valence-corrected chi connectivity index (χ3v) is 7.99. The van der Waals surface area contributed by atoms with Gasteiger partial charge in [-0.05, 0) is 68.8 Å². The van der Waals surface area contributed by atoms with Crippen molar-refractivity contribution in [3.8, 4) is 17.0 Å². The van der Waals surface area contributed by atoms with Crippen LogP contribution in [0.2, 0.25) is 0 Å². The Morgan fingerprint density at radius 2 is 1.90 bits per heavy atom. The first-order chi connectivity index (χ1) is 20.1. The molecule has 1 fully saturated rings. The molecule has 214 valence electrons. The highest BCUT2D eigenvalue weighted by Crippen LogP contribution is 2.44. The number of carbonyl (C=O) groups excluding carboxylic acids is 3. The Morgan fingerprint density at radius 3 is 2.62 bits per heavy atom. The summed E-state index contributed by atoms with van der Waals surface area (Å²) in [7, 11) is 0. The molecule has 0 saturated carbocycles. The van der Waals surface area contributed by atoms with Crippen LogP contribution in [0.15, 0.2) is 54.6 Å². The van der Waals surface area contributed by atoms with Crippen molar-refractivity contribution in [3.05, 3.63) is 82.9 Å². The summed E-state index contributed by atoms with van der Waals surface area (Å²) < 4.78 is 19.5. The van der Waals surface area contributed by atoms with E-state index >= 15 is 0 Å². The lowest BCUT2D eigenvalue weighted by atomic mass is 9.83. The molecule has 2 aliphatic rings. The zero-order chi connectivity index (χ0) is 29.6. The molecule has 0 unspecified atom stereocenters. The molecule has 1 saturated heterocycles. The van der Waals surface area contributed by atoms with Gasteiger partial charge in [0.05, 0.1) is 11.2 Å². The van der Waals surface area contributed by atoms with Crippen LogP contribution in [-0.4, -0.2) is 47.4 Å². The number of ether oxygens (including phenoxy) is 1. The zero-order valence-electron chi connectivity index (χ0n) is 23.4. The summed E-state index contributed by atoms with van der Waals surface area (Å²) >= 11 is 0. The predicted octanol–water partition coefficient (Wildman–Crippen LogP) is 3.98. The number of hydrogen-bond donors (Lipinski definition) is 2. The Labute approximate surface area is 241 Å². The molecule has 42 heavy (non-hydrogen) atoms. The number of benzene rings is 2. The largest absolute Gasteiger partial charge is 0.489 e. The number of primary amides is 1. The number of aromatic nitrogens is 2. The van der Waals surface area contributed by atoms with E-state index < -0.39 is 11.3 Å². The molecule has 1 atom stereocenters. The van der Waals surface area contributed by atoms with Crippen LogP contribution in [0.1, 0.15) is 47.1 Å². The van der Waals surface area contributed by atoms with Crippen molar-refractivity contribution in [2.75, 3.05) is 24.6 Å². The molecule has 2 aliphatic heterocycles. The summed E-state index contributed by atoms with van der Waals surface area (Å²) in [6.45, 7) is 4.53. The molecule has 0 radical (unpaired) electrons. The Morgan fingerprint density at radius 1 is 1.12 bits per heavy atom. The molecule has 2 aromatic heterocycles. The van der Waals surface area contributed by atoms with Crippen LogP contribution in [0.4, 0.5) is 10.1 Å². The molecule has 2 aromatic carbocycles. The standard InChI is InChI=1S/C32H30FN5O4/c1-18-5-6-20-14-21(15-25(27(20)36-18)38-13-3-4-26(38)39)30(40)35-12-11-23-16-24-29(42-17-32(24,2)31(34)41)28(37-23)19-7-9-22(33)10-8-19/h5-10,14-16H,3-4,11-13,17H2,1-2H3,(H2,34,41)(H,35,40)/t32-/m0/s1. The van der Waals surface area contributed by atoms with Crippen LogP contribution < -0.4 is 20.7 Å². The number of nitrogens with zero attached hydrogens (tertiary/aromatic N) is 3. The molecule has 4 heterocycles. The minimum atomic E-state index is -1.05. The van der Waals surface area contributed by atoms with Gasteiger partial charge in [0.15, 0.2) is 0 Å². The maximum atomic E-state index is 13.6. The lowest BCUT2D eigenvalue weighted by molar-refractivity contribution is -0.123. The van der Waals surface area contributed by atoms with E-state index in [-0.39, 0.29) is 30.8 Å². The fraction of sp³-hybridized carbons (Fsp3) is 0.281. The lowest BCUT2D eigenvalue weighted by Gasteiger charge is -2.19. The summed E-state index contributed by atoms with van der Waals surface area (Å²) in [4.78, 5) is 49.4. The van der Waals surface area contributed by atoms with Gasteiger partial charge in [-0.15, -0.1) is 0 Å². The van der Waals surface area contributed by atoms with Gasteiger partial charge in [0, 0.05) is 59.4 Å². The fourth-order valence-electron chi connectivity index (χ4n) is 5.53. The molecule has 0 bridgehead atoms. The summed E-state index contributed by atoms with van der Waals surface area (Å²) in [5, 5.41) is 3.73. The first-order valence-electron chi connectivity index (χ1n) is 13.9. The predicted molar refractivity (Wildman–Crippen MR) is 156 cm³/mol. The number of carbonyl (C=O) groups is 3. The summed E-state index contributed by atoms with van der Waals surface area (Å²) in [5.74, 6) is -0.738. The number of hydrogen-bond acceptors (Lipinski definition) is 6. The van der Waals surface area contributed by atoms with Crippen LogP contribution in [0, 0.1) is 12.7 Å². The number of halogens is 1. The Balaban J connectivity index is 1.27. The van der Waals surface area contributed by atoms with Gasteiger partial charge in [-0.25, -0.2) is 9.37 Å². The lowest BCUT2D eigenvalue weighted by Crippen LogP contribution is -2.39. The maximum absolute atomic E-state index is 13.6. The van der Waals surface area contributed by atoms with Crippen LogP contribution >= 0.6 is 0 Å². The maximum Gasteiger partial charge on any atom is 0.251 e. The van der Waals surface area contributed by atoms with Gasteiger partial charge >= 0.3 is 0 Å². The second kappa shape index (κ2) is 10.5. The number of rotatable bonds is 7. The van der Waals surface area contributed by atoms with Crippen molar-refractivity contribution < 1.29 is 23.5 Å². The van der Waals surface area contributed by atoms with Gasteiger partial charge in [0.1, 0.15) is 29.3 Å². The highest BCUT2D eigenvalue weighted by molar-refractivity contribution is 6.07. The molecule has 9 nitrogen and oxygen atoms in total. The molecule has 3 N–H and O–H groups in total. The third-order valence-electron chi connectivity index (χ3n) is 7.99. The topological polar surface area (TPSA) is 128 Å². The third kappa shape index (κ3) is 4.82. The van der Waals surface area contributed by atoms with Crippen LogP contribution in [0.3, 0.4) is 0 Å². The molecule has 4 aromatic rings. The van der Waals surface area contributed by atoms with Crippen LogP contribution in [0.5, 0.6) is 5.75 Å². The second-order valence-corrected chi connectivity index (χ2v) is 11.0. The minimum Gasteiger partial charge on any atom is -0.489 e. The highest BCUT2D eigenvalue weighted by atomic mass is 19.1. The van der Waals surface area contributed by atoms with Crippen molar-refractivity contribution in [2.24, 2.45) is 5.73 Å². The van der Waals surface area contributed by atoms with Gasteiger partial charge in [0.2, 0.25) is 11.8 Å². The normalized spacial score (nSPS) is 17.8.